The summed E-state index contributed by atoms with van der Waals surface area (Å²) >= 11 is 0. The molecule has 0 aromatic heterocycles. The average Bonchev–Trinajstić information content (AvgIpc) is 3.17. The molecule has 326 valence electrons. The Labute approximate surface area is 342 Å². The molecule has 0 saturated heterocycles. The topological polar surface area (TPSA) is 78.9 Å². The summed E-state index contributed by atoms with van der Waals surface area (Å²) in [6, 6.07) is 0. The van der Waals surface area contributed by atoms with Crippen molar-refractivity contribution in [3.8, 4) is 0 Å². The highest BCUT2D eigenvalue weighted by Crippen LogP contribution is 2.17. The van der Waals surface area contributed by atoms with Crippen LogP contribution in [0.5, 0.6) is 0 Å². The average molecular weight is 779 g/mol. The molecule has 0 amide bonds. The van der Waals surface area contributed by atoms with Gasteiger partial charge in [-0.05, 0) is 31.1 Å². The number of esters is 3. The summed E-state index contributed by atoms with van der Waals surface area (Å²) in [4.78, 5) is 37.8. The van der Waals surface area contributed by atoms with E-state index in [1.165, 1.54) is 154 Å². The lowest BCUT2D eigenvalue weighted by molar-refractivity contribution is -0.167. The van der Waals surface area contributed by atoms with Crippen molar-refractivity contribution >= 4 is 17.9 Å². The Hall–Kier alpha value is -1.59. The molecule has 1 unspecified atom stereocenters. The lowest BCUT2D eigenvalue weighted by Gasteiger charge is -2.18. The van der Waals surface area contributed by atoms with E-state index in [1.54, 1.807) is 0 Å². The van der Waals surface area contributed by atoms with E-state index in [4.69, 9.17) is 14.2 Å². The molecule has 0 aromatic carbocycles. The first kappa shape index (κ1) is 53.4. The van der Waals surface area contributed by atoms with Gasteiger partial charge in [-0.25, -0.2) is 0 Å². The van der Waals surface area contributed by atoms with E-state index in [2.05, 4.69) is 34.6 Å². The molecule has 0 fully saturated rings. The first-order valence-corrected chi connectivity index (χ1v) is 24.3. The van der Waals surface area contributed by atoms with E-state index in [1.807, 2.05) is 0 Å². The third-order valence-corrected chi connectivity index (χ3v) is 11.3. The van der Waals surface area contributed by atoms with Crippen molar-refractivity contribution in [2.45, 2.75) is 272 Å². The van der Waals surface area contributed by atoms with Gasteiger partial charge in [0.05, 0.1) is 0 Å². The molecule has 0 saturated carbocycles. The molecule has 0 aliphatic rings. The first-order chi connectivity index (χ1) is 26.8. The van der Waals surface area contributed by atoms with Crippen molar-refractivity contribution in [1.82, 2.24) is 0 Å². The van der Waals surface area contributed by atoms with Gasteiger partial charge < -0.3 is 14.2 Å². The number of carbonyl (C=O) groups excluding carboxylic acids is 3. The highest BCUT2D eigenvalue weighted by atomic mass is 16.6. The van der Waals surface area contributed by atoms with Crippen LogP contribution in [0.2, 0.25) is 0 Å². The van der Waals surface area contributed by atoms with Gasteiger partial charge in [-0.15, -0.1) is 0 Å². The molecule has 6 nitrogen and oxygen atoms in total. The minimum atomic E-state index is -0.761. The second kappa shape index (κ2) is 42.0. The van der Waals surface area contributed by atoms with E-state index in [-0.39, 0.29) is 31.1 Å². The van der Waals surface area contributed by atoms with E-state index >= 15 is 0 Å². The maximum Gasteiger partial charge on any atom is 0.306 e. The monoisotopic (exact) mass is 779 g/mol. The number of hydrogen-bond acceptors (Lipinski definition) is 6. The highest BCUT2D eigenvalue weighted by Gasteiger charge is 2.19. The van der Waals surface area contributed by atoms with E-state index in [0.29, 0.717) is 19.3 Å². The van der Waals surface area contributed by atoms with Gasteiger partial charge in [0, 0.05) is 19.3 Å². The third-order valence-electron chi connectivity index (χ3n) is 11.3. The van der Waals surface area contributed by atoms with Gasteiger partial charge in [0.1, 0.15) is 13.2 Å². The molecule has 2 atom stereocenters. The maximum absolute atomic E-state index is 12.7. The van der Waals surface area contributed by atoms with E-state index < -0.39 is 6.10 Å². The number of rotatable bonds is 43. The predicted molar refractivity (Wildman–Crippen MR) is 233 cm³/mol. The molecular formula is C49H94O6. The minimum Gasteiger partial charge on any atom is -0.462 e. The van der Waals surface area contributed by atoms with Crippen LogP contribution in [0.25, 0.3) is 0 Å². The number of hydrogen-bond donors (Lipinski definition) is 0. The second-order valence-corrected chi connectivity index (χ2v) is 17.5. The van der Waals surface area contributed by atoms with Crippen molar-refractivity contribution in [3.63, 3.8) is 0 Å². The quantitative estimate of drug-likeness (QED) is 0.0348. The van der Waals surface area contributed by atoms with Gasteiger partial charge in [0.15, 0.2) is 6.10 Å². The van der Waals surface area contributed by atoms with Crippen LogP contribution in [0.4, 0.5) is 0 Å². The SMILES string of the molecule is CCCCCCCCCCCCCC(=O)O[C@H](COC(=O)CCCCCCCCCCCCCC(C)C)COC(=O)CCCCCCCCCCC(C)CC. The molecule has 0 bridgehead atoms. The molecule has 0 spiro atoms. The fourth-order valence-electron chi connectivity index (χ4n) is 7.25. The fraction of sp³-hybridized carbons (Fsp3) is 0.939. The highest BCUT2D eigenvalue weighted by molar-refractivity contribution is 5.71. The molecule has 0 heterocycles. The molecule has 0 rings (SSSR count). The summed E-state index contributed by atoms with van der Waals surface area (Å²) in [6.07, 6.45) is 40.8. The first-order valence-electron chi connectivity index (χ1n) is 24.3. The van der Waals surface area contributed by atoms with Crippen LogP contribution in [0.15, 0.2) is 0 Å². The maximum atomic E-state index is 12.7. The number of unbranched alkanes of at least 4 members (excludes halogenated alkanes) is 27. The lowest BCUT2D eigenvalue weighted by atomic mass is 9.99. The minimum absolute atomic E-state index is 0.0645. The Morgan fingerprint density at radius 3 is 1.04 bits per heavy atom. The third kappa shape index (κ3) is 41.9. The van der Waals surface area contributed by atoms with Crippen LogP contribution < -0.4 is 0 Å². The van der Waals surface area contributed by atoms with Crippen LogP contribution in [-0.2, 0) is 28.6 Å². The molecule has 0 aliphatic carbocycles. The fourth-order valence-corrected chi connectivity index (χ4v) is 7.25. The van der Waals surface area contributed by atoms with E-state index in [0.717, 1.165) is 69.6 Å². The Balaban J connectivity index is 4.33. The summed E-state index contributed by atoms with van der Waals surface area (Å²) in [7, 11) is 0. The van der Waals surface area contributed by atoms with Gasteiger partial charge in [0.2, 0.25) is 0 Å². The summed E-state index contributed by atoms with van der Waals surface area (Å²) in [5.41, 5.74) is 0. The van der Waals surface area contributed by atoms with Crippen LogP contribution >= 0.6 is 0 Å². The van der Waals surface area contributed by atoms with Crippen molar-refractivity contribution in [3.05, 3.63) is 0 Å². The van der Waals surface area contributed by atoms with Crippen molar-refractivity contribution in [1.29, 1.82) is 0 Å². The summed E-state index contributed by atoms with van der Waals surface area (Å²) in [5.74, 6) is 0.820. The Morgan fingerprint density at radius 1 is 0.382 bits per heavy atom. The van der Waals surface area contributed by atoms with Gasteiger partial charge in [-0.2, -0.15) is 0 Å². The van der Waals surface area contributed by atoms with Crippen LogP contribution in [0.3, 0.4) is 0 Å². The van der Waals surface area contributed by atoms with Gasteiger partial charge in [0.25, 0.3) is 0 Å². The Kier molecular flexibility index (Phi) is 40.8. The molecule has 6 heteroatoms. The molecule has 0 radical (unpaired) electrons. The standard InChI is InChI=1S/C49H94O6/c1-6-8-9-10-11-12-14-19-26-31-36-41-49(52)55-46(43-54-48(51)40-35-30-25-21-20-23-28-33-38-45(5)7-2)42-53-47(50)39-34-29-24-18-16-13-15-17-22-27-32-37-44(3)4/h44-46H,6-43H2,1-5H3/t45?,46-/m1/s1. The largest absolute Gasteiger partial charge is 0.462 e. The zero-order chi connectivity index (χ0) is 40.5. The van der Waals surface area contributed by atoms with Crippen LogP contribution in [0, 0.1) is 11.8 Å². The smallest absolute Gasteiger partial charge is 0.306 e. The zero-order valence-corrected chi connectivity index (χ0v) is 37.6. The van der Waals surface area contributed by atoms with Crippen molar-refractivity contribution < 1.29 is 28.6 Å². The molecule has 0 N–H and O–H groups in total. The van der Waals surface area contributed by atoms with Gasteiger partial charge in [-0.1, -0.05) is 227 Å². The molecule has 0 aromatic rings. The van der Waals surface area contributed by atoms with Gasteiger partial charge in [-0.3, -0.25) is 14.4 Å². The second-order valence-electron chi connectivity index (χ2n) is 17.5. The Morgan fingerprint density at radius 2 is 0.691 bits per heavy atom. The predicted octanol–water partition coefficient (Wildman–Crippen LogP) is 15.4. The van der Waals surface area contributed by atoms with Crippen LogP contribution in [0.1, 0.15) is 266 Å². The van der Waals surface area contributed by atoms with Crippen molar-refractivity contribution in [2.24, 2.45) is 11.8 Å². The normalized spacial score (nSPS) is 12.5. The van der Waals surface area contributed by atoms with Crippen LogP contribution in [-0.4, -0.2) is 37.2 Å². The zero-order valence-electron chi connectivity index (χ0n) is 37.6. The lowest BCUT2D eigenvalue weighted by Crippen LogP contribution is -2.30. The Bertz CT molecular complexity index is 841. The molecule has 55 heavy (non-hydrogen) atoms. The molecule has 0 aliphatic heterocycles. The summed E-state index contributed by atoms with van der Waals surface area (Å²) in [5, 5.41) is 0. The summed E-state index contributed by atoms with van der Waals surface area (Å²) in [6.45, 7) is 11.3. The van der Waals surface area contributed by atoms with E-state index in [9.17, 15) is 14.4 Å². The molecular weight excluding hydrogens is 685 g/mol. The summed E-state index contributed by atoms with van der Waals surface area (Å²) < 4.78 is 16.8. The number of ether oxygens (including phenoxy) is 3. The van der Waals surface area contributed by atoms with Gasteiger partial charge >= 0.3 is 17.9 Å². The van der Waals surface area contributed by atoms with Crippen molar-refractivity contribution in [2.75, 3.05) is 13.2 Å². The number of carbonyl (C=O) groups is 3.